The molecule has 0 aliphatic heterocycles. The number of rotatable bonds is 6. The quantitative estimate of drug-likeness (QED) is 0.283. The fraction of sp³-hybridized carbons (Fsp3) is 0.0588. The van der Waals surface area contributed by atoms with Gasteiger partial charge in [-0.1, -0.05) is 24.3 Å². The van der Waals surface area contributed by atoms with Crippen LogP contribution in [0.5, 0.6) is 0 Å². The van der Waals surface area contributed by atoms with Crippen LogP contribution >= 0.6 is 22.7 Å². The molecule has 0 atom stereocenters. The fourth-order valence-electron chi connectivity index (χ4n) is 2.14. The maximum atomic E-state index is 11.2. The van der Waals surface area contributed by atoms with E-state index in [1.54, 1.807) is 40.3 Å². The summed E-state index contributed by atoms with van der Waals surface area (Å²) in [5.74, 6) is 0. The van der Waals surface area contributed by atoms with Crippen LogP contribution in [0.3, 0.4) is 0 Å². The third-order valence-electron chi connectivity index (χ3n) is 3.26. The minimum Gasteiger partial charge on any atom is -0.258 e. The summed E-state index contributed by atoms with van der Waals surface area (Å²) in [6.45, 7) is 4.15. The van der Waals surface area contributed by atoms with Gasteiger partial charge in [-0.15, -0.1) is 29.3 Å². The molecule has 0 radical (unpaired) electrons. The van der Waals surface area contributed by atoms with Gasteiger partial charge in [-0.25, -0.2) is 4.68 Å². The average Bonchev–Trinajstić information content (AvgIpc) is 3.27. The van der Waals surface area contributed by atoms with Crippen LogP contribution in [0.25, 0.3) is 10.6 Å². The highest BCUT2D eigenvalue weighted by Gasteiger charge is 2.12. The fourth-order valence-corrected chi connectivity index (χ4v) is 3.78. The first-order valence-corrected chi connectivity index (χ1v) is 9.10. The number of benzene rings is 1. The number of hydrogen-bond acceptors (Lipinski definition) is 6. The topological polar surface area (TPSA) is 72.8 Å². The normalized spacial score (nSPS) is 11.9. The molecular formula is C17H14N4O2S2. The second-order valence-electron chi connectivity index (χ2n) is 4.88. The molecule has 2 aromatic heterocycles. The Labute approximate surface area is 151 Å². The van der Waals surface area contributed by atoms with Crippen LogP contribution in [0.15, 0.2) is 69.9 Å². The van der Waals surface area contributed by atoms with Crippen LogP contribution < -0.4 is 4.80 Å². The molecule has 3 rings (SSSR count). The van der Waals surface area contributed by atoms with Crippen molar-refractivity contribution < 1.29 is 4.92 Å². The van der Waals surface area contributed by atoms with Crippen LogP contribution in [-0.4, -0.2) is 22.4 Å². The number of nitro benzene ring substituents is 1. The summed E-state index contributed by atoms with van der Waals surface area (Å²) in [6, 6.07) is 10.5. The third kappa shape index (κ3) is 3.81. The van der Waals surface area contributed by atoms with Gasteiger partial charge in [0.05, 0.1) is 33.8 Å². The Balaban J connectivity index is 2.09. The number of thiazole rings is 1. The first-order chi connectivity index (χ1) is 12.2. The van der Waals surface area contributed by atoms with Crippen LogP contribution in [0.4, 0.5) is 5.69 Å². The summed E-state index contributed by atoms with van der Waals surface area (Å²) in [4.78, 5) is 16.9. The molecule has 0 spiro atoms. The maximum absolute atomic E-state index is 11.2. The Bertz CT molecular complexity index is 984. The lowest BCUT2D eigenvalue weighted by atomic mass is 10.2. The molecule has 0 amide bonds. The van der Waals surface area contributed by atoms with E-state index in [2.05, 4.69) is 16.7 Å². The Morgan fingerprint density at radius 3 is 2.80 bits per heavy atom. The van der Waals surface area contributed by atoms with Crippen molar-refractivity contribution in [3.8, 4) is 10.6 Å². The maximum Gasteiger partial charge on any atom is 0.278 e. The monoisotopic (exact) mass is 370 g/mol. The molecule has 0 saturated heterocycles. The molecule has 8 heteroatoms. The zero-order valence-corrected chi connectivity index (χ0v) is 14.7. The van der Waals surface area contributed by atoms with Crippen LogP contribution in [0.2, 0.25) is 0 Å². The molecule has 126 valence electrons. The van der Waals surface area contributed by atoms with Crippen molar-refractivity contribution in [1.29, 1.82) is 0 Å². The van der Waals surface area contributed by atoms with E-state index >= 15 is 0 Å². The van der Waals surface area contributed by atoms with Crippen molar-refractivity contribution in [2.45, 2.75) is 0 Å². The number of hydrogen-bond donors (Lipinski definition) is 0. The summed E-state index contributed by atoms with van der Waals surface area (Å²) in [6.07, 6.45) is 3.20. The molecule has 0 aliphatic carbocycles. The summed E-state index contributed by atoms with van der Waals surface area (Å²) in [5.41, 5.74) is 1.36. The van der Waals surface area contributed by atoms with Crippen LogP contribution in [-0.2, 0) is 0 Å². The number of aromatic nitrogens is 1. The zero-order valence-electron chi connectivity index (χ0n) is 13.1. The minimum atomic E-state index is -0.414. The van der Waals surface area contributed by atoms with E-state index in [1.165, 1.54) is 23.6 Å². The summed E-state index contributed by atoms with van der Waals surface area (Å²) in [7, 11) is 0. The van der Waals surface area contributed by atoms with Crippen molar-refractivity contribution in [2.75, 3.05) is 6.54 Å². The van der Waals surface area contributed by atoms with Gasteiger partial charge in [0, 0.05) is 11.4 Å². The van der Waals surface area contributed by atoms with Gasteiger partial charge in [0.2, 0.25) is 4.80 Å². The molecular weight excluding hydrogens is 356 g/mol. The highest BCUT2D eigenvalue weighted by molar-refractivity contribution is 7.14. The number of nitrogens with zero attached hydrogens (tertiary/aromatic N) is 4. The molecule has 0 N–H and O–H groups in total. The molecule has 6 nitrogen and oxygen atoms in total. The standard InChI is InChI=1S/C17H14N4O2S2/c1-2-9-18-17-20(15(12-25-17)16-8-5-10-24-16)19-11-13-6-3-4-7-14(13)21(22)23/h2-8,10-12H,1,9H2. The lowest BCUT2D eigenvalue weighted by Gasteiger charge is -2.01. The average molecular weight is 370 g/mol. The molecule has 0 bridgehead atoms. The van der Waals surface area contributed by atoms with Crippen LogP contribution in [0, 0.1) is 10.1 Å². The van der Waals surface area contributed by atoms with E-state index < -0.39 is 4.92 Å². The zero-order chi connectivity index (χ0) is 17.6. The number of thiophene rings is 1. The van der Waals surface area contributed by atoms with E-state index in [0.29, 0.717) is 16.9 Å². The van der Waals surface area contributed by atoms with Crippen molar-refractivity contribution in [2.24, 2.45) is 10.1 Å². The highest BCUT2D eigenvalue weighted by atomic mass is 32.1. The number of para-hydroxylation sites is 1. The van der Waals surface area contributed by atoms with Crippen molar-refractivity contribution in [3.05, 3.63) is 80.3 Å². The van der Waals surface area contributed by atoms with Crippen LogP contribution in [0.1, 0.15) is 5.56 Å². The first-order valence-electron chi connectivity index (χ1n) is 7.34. The van der Waals surface area contributed by atoms with E-state index in [1.807, 2.05) is 22.9 Å². The van der Waals surface area contributed by atoms with E-state index in [0.717, 1.165) is 10.6 Å². The Kier molecular flexibility index (Phi) is 5.32. The Morgan fingerprint density at radius 1 is 1.24 bits per heavy atom. The predicted molar refractivity (Wildman–Crippen MR) is 102 cm³/mol. The minimum absolute atomic E-state index is 0.0179. The lowest BCUT2D eigenvalue weighted by molar-refractivity contribution is -0.385. The second-order valence-corrected chi connectivity index (χ2v) is 6.67. The Morgan fingerprint density at radius 2 is 2.08 bits per heavy atom. The van der Waals surface area contributed by atoms with Gasteiger partial charge < -0.3 is 0 Å². The van der Waals surface area contributed by atoms with Gasteiger partial charge in [-0.2, -0.15) is 5.10 Å². The molecule has 0 saturated carbocycles. The molecule has 0 unspecified atom stereocenters. The largest absolute Gasteiger partial charge is 0.278 e. The summed E-state index contributed by atoms with van der Waals surface area (Å²) in [5, 5.41) is 19.6. The molecule has 0 aliphatic rings. The molecule has 1 aromatic carbocycles. The van der Waals surface area contributed by atoms with Crippen molar-refractivity contribution >= 4 is 34.6 Å². The van der Waals surface area contributed by atoms with E-state index in [-0.39, 0.29) is 5.69 Å². The van der Waals surface area contributed by atoms with Crippen molar-refractivity contribution in [1.82, 2.24) is 4.68 Å². The summed E-state index contributed by atoms with van der Waals surface area (Å²) >= 11 is 3.07. The third-order valence-corrected chi connectivity index (χ3v) is 5.01. The molecule has 2 heterocycles. The molecule has 0 fully saturated rings. The lowest BCUT2D eigenvalue weighted by Crippen LogP contribution is -2.12. The van der Waals surface area contributed by atoms with E-state index in [4.69, 9.17) is 0 Å². The SMILES string of the molecule is C=CCN=c1scc(-c2cccs2)n1N=Cc1ccccc1[N+](=O)[O-]. The summed E-state index contributed by atoms with van der Waals surface area (Å²) < 4.78 is 1.71. The Hall–Kier alpha value is -2.84. The number of nitro groups is 1. The van der Waals surface area contributed by atoms with Gasteiger partial charge in [0.1, 0.15) is 0 Å². The highest BCUT2D eigenvalue weighted by Crippen LogP contribution is 2.25. The predicted octanol–water partition coefficient (Wildman–Crippen LogP) is 4.16. The van der Waals surface area contributed by atoms with Gasteiger partial charge in [-0.05, 0) is 17.5 Å². The molecule has 3 aromatic rings. The second kappa shape index (κ2) is 7.82. The smallest absolute Gasteiger partial charge is 0.258 e. The van der Waals surface area contributed by atoms with Gasteiger partial charge in [-0.3, -0.25) is 15.1 Å². The van der Waals surface area contributed by atoms with Crippen molar-refractivity contribution in [3.63, 3.8) is 0 Å². The van der Waals surface area contributed by atoms with Gasteiger partial charge >= 0.3 is 0 Å². The van der Waals surface area contributed by atoms with Gasteiger partial charge in [0.25, 0.3) is 5.69 Å². The van der Waals surface area contributed by atoms with E-state index in [9.17, 15) is 10.1 Å². The van der Waals surface area contributed by atoms with Gasteiger partial charge in [0.15, 0.2) is 0 Å². The molecule has 25 heavy (non-hydrogen) atoms. The first kappa shape index (κ1) is 17.0.